The quantitative estimate of drug-likeness (QED) is 0.717. The first kappa shape index (κ1) is 9.68. The molecule has 2 N–H and O–H groups in total. The maximum atomic E-state index is 9.14. The summed E-state index contributed by atoms with van der Waals surface area (Å²) in [5, 5.41) is 12.6. The highest BCUT2D eigenvalue weighted by atomic mass is 16.3. The van der Waals surface area contributed by atoms with E-state index in [0.29, 0.717) is 6.04 Å². The normalized spacial score (nSPS) is 26.2. The van der Waals surface area contributed by atoms with Crippen molar-refractivity contribution in [3.8, 4) is 0 Å². The molecule has 2 heterocycles. The number of nitrogens with zero attached hydrogens (tertiary/aromatic N) is 2. The van der Waals surface area contributed by atoms with Crippen LogP contribution < -0.4 is 5.32 Å². The third-order valence-electron chi connectivity index (χ3n) is 2.90. The second kappa shape index (κ2) is 3.71. The van der Waals surface area contributed by atoms with E-state index in [1.54, 1.807) is 0 Å². The van der Waals surface area contributed by atoms with Crippen LogP contribution in [0.1, 0.15) is 30.8 Å². The van der Waals surface area contributed by atoms with Gasteiger partial charge in [-0.15, -0.1) is 0 Å². The first-order chi connectivity index (χ1) is 6.76. The van der Waals surface area contributed by atoms with Gasteiger partial charge < -0.3 is 15.0 Å². The van der Waals surface area contributed by atoms with Crippen LogP contribution in [-0.4, -0.2) is 27.3 Å². The highest BCUT2D eigenvalue weighted by molar-refractivity contribution is 5.22. The Balaban J connectivity index is 2.33. The molecule has 0 saturated carbocycles. The molecular formula is C10H17N3O. The molecule has 0 bridgehead atoms. The minimum Gasteiger partial charge on any atom is -0.395 e. The number of rotatable bonds is 2. The second-order valence-corrected chi connectivity index (χ2v) is 3.90. The van der Waals surface area contributed by atoms with E-state index in [4.69, 9.17) is 5.11 Å². The van der Waals surface area contributed by atoms with Gasteiger partial charge in [-0.2, -0.15) is 0 Å². The Kier molecular flexibility index (Phi) is 2.56. The number of aliphatic hydroxyl groups is 1. The number of aryl methyl sites for hydroxylation is 1. The van der Waals surface area contributed by atoms with E-state index in [-0.39, 0.29) is 12.6 Å². The highest BCUT2D eigenvalue weighted by Crippen LogP contribution is 2.25. The number of aromatic nitrogens is 2. The zero-order valence-corrected chi connectivity index (χ0v) is 8.70. The van der Waals surface area contributed by atoms with Crippen molar-refractivity contribution < 1.29 is 5.11 Å². The minimum absolute atomic E-state index is 0.169. The lowest BCUT2D eigenvalue weighted by atomic mass is 9.98. The largest absolute Gasteiger partial charge is 0.395 e. The molecule has 0 aromatic carbocycles. The van der Waals surface area contributed by atoms with Crippen molar-refractivity contribution >= 4 is 0 Å². The fourth-order valence-electron chi connectivity index (χ4n) is 2.18. The zero-order valence-electron chi connectivity index (χ0n) is 8.70. The Labute approximate surface area is 84.0 Å². The summed E-state index contributed by atoms with van der Waals surface area (Å²) >= 11 is 0. The number of nitrogens with one attached hydrogen (secondary N) is 1. The number of fused-ring (bicyclic) bond motifs is 1. The summed E-state index contributed by atoms with van der Waals surface area (Å²) in [7, 11) is 2.02. The standard InChI is InChI=1S/C10H17N3O/c1-3-8-10-9(11-6-13(10)2)4-7(5-14)12-8/h6-8,12,14H,3-5H2,1-2H3. The first-order valence-electron chi connectivity index (χ1n) is 5.13. The fourth-order valence-corrected chi connectivity index (χ4v) is 2.18. The van der Waals surface area contributed by atoms with Crippen LogP contribution in [0.5, 0.6) is 0 Å². The molecule has 0 amide bonds. The summed E-state index contributed by atoms with van der Waals surface area (Å²) in [5.74, 6) is 0. The maximum Gasteiger partial charge on any atom is 0.0949 e. The van der Waals surface area contributed by atoms with Gasteiger partial charge in [0, 0.05) is 25.6 Å². The lowest BCUT2D eigenvalue weighted by molar-refractivity contribution is 0.218. The van der Waals surface area contributed by atoms with Gasteiger partial charge in [0.2, 0.25) is 0 Å². The molecule has 0 fully saturated rings. The molecule has 4 heteroatoms. The fraction of sp³-hybridized carbons (Fsp3) is 0.700. The third-order valence-corrected chi connectivity index (χ3v) is 2.90. The molecule has 0 radical (unpaired) electrons. The predicted molar refractivity (Wildman–Crippen MR) is 54.0 cm³/mol. The lowest BCUT2D eigenvalue weighted by Crippen LogP contribution is -2.42. The summed E-state index contributed by atoms with van der Waals surface area (Å²) in [6.07, 6.45) is 3.72. The Morgan fingerprint density at radius 1 is 1.71 bits per heavy atom. The monoisotopic (exact) mass is 195 g/mol. The van der Waals surface area contributed by atoms with Gasteiger partial charge in [0.1, 0.15) is 0 Å². The number of hydrogen-bond donors (Lipinski definition) is 2. The number of aliphatic hydroxyl groups excluding tert-OH is 1. The van der Waals surface area contributed by atoms with Crippen LogP contribution >= 0.6 is 0 Å². The van der Waals surface area contributed by atoms with Crippen molar-refractivity contribution in [2.75, 3.05) is 6.61 Å². The van der Waals surface area contributed by atoms with Crippen LogP contribution in [0.2, 0.25) is 0 Å². The van der Waals surface area contributed by atoms with E-state index in [9.17, 15) is 0 Å². The van der Waals surface area contributed by atoms with Crippen LogP contribution in [0.4, 0.5) is 0 Å². The molecule has 1 aromatic rings. The topological polar surface area (TPSA) is 50.1 Å². The van der Waals surface area contributed by atoms with Crippen LogP contribution in [0, 0.1) is 0 Å². The first-order valence-corrected chi connectivity index (χ1v) is 5.13. The molecule has 0 aliphatic carbocycles. The molecule has 1 aliphatic heterocycles. The van der Waals surface area contributed by atoms with Crippen molar-refractivity contribution in [2.24, 2.45) is 7.05 Å². The Hall–Kier alpha value is -0.870. The van der Waals surface area contributed by atoms with Gasteiger partial charge in [-0.05, 0) is 6.42 Å². The number of imidazole rings is 1. The van der Waals surface area contributed by atoms with Crippen molar-refractivity contribution in [2.45, 2.75) is 31.8 Å². The summed E-state index contributed by atoms with van der Waals surface area (Å²) in [6, 6.07) is 0.505. The van der Waals surface area contributed by atoms with E-state index in [2.05, 4.69) is 21.8 Å². The number of hydrogen-bond acceptors (Lipinski definition) is 3. The molecule has 2 rings (SSSR count). The molecular weight excluding hydrogens is 178 g/mol. The van der Waals surface area contributed by atoms with Crippen molar-refractivity contribution in [3.05, 3.63) is 17.7 Å². The second-order valence-electron chi connectivity index (χ2n) is 3.90. The summed E-state index contributed by atoms with van der Waals surface area (Å²) < 4.78 is 2.07. The van der Waals surface area contributed by atoms with Crippen LogP contribution in [0.25, 0.3) is 0 Å². The summed E-state index contributed by atoms with van der Waals surface area (Å²) in [5.41, 5.74) is 2.41. The maximum absolute atomic E-state index is 9.14. The van der Waals surface area contributed by atoms with Gasteiger partial charge in [0.15, 0.2) is 0 Å². The van der Waals surface area contributed by atoms with E-state index < -0.39 is 0 Å². The van der Waals surface area contributed by atoms with Crippen LogP contribution in [0.15, 0.2) is 6.33 Å². The van der Waals surface area contributed by atoms with E-state index in [1.165, 1.54) is 5.69 Å². The van der Waals surface area contributed by atoms with Crippen molar-refractivity contribution in [1.29, 1.82) is 0 Å². The van der Waals surface area contributed by atoms with E-state index in [0.717, 1.165) is 18.5 Å². The lowest BCUT2D eigenvalue weighted by Gasteiger charge is -2.29. The zero-order chi connectivity index (χ0) is 10.1. The molecule has 0 spiro atoms. The average Bonchev–Trinajstić information content (AvgIpc) is 2.59. The van der Waals surface area contributed by atoms with Gasteiger partial charge in [-0.1, -0.05) is 6.92 Å². The van der Waals surface area contributed by atoms with Crippen molar-refractivity contribution in [1.82, 2.24) is 14.9 Å². The molecule has 4 nitrogen and oxygen atoms in total. The van der Waals surface area contributed by atoms with Gasteiger partial charge in [0.25, 0.3) is 0 Å². The van der Waals surface area contributed by atoms with E-state index in [1.807, 2.05) is 13.4 Å². The third kappa shape index (κ3) is 1.44. The van der Waals surface area contributed by atoms with Crippen LogP contribution in [0.3, 0.4) is 0 Å². The van der Waals surface area contributed by atoms with Gasteiger partial charge in [0.05, 0.1) is 24.3 Å². The molecule has 2 unspecified atom stereocenters. The SMILES string of the molecule is CCC1NC(CO)Cc2ncn(C)c21. The molecule has 2 atom stereocenters. The molecule has 14 heavy (non-hydrogen) atoms. The van der Waals surface area contributed by atoms with Gasteiger partial charge in [-0.3, -0.25) is 0 Å². The highest BCUT2D eigenvalue weighted by Gasteiger charge is 2.27. The average molecular weight is 195 g/mol. The van der Waals surface area contributed by atoms with Gasteiger partial charge >= 0.3 is 0 Å². The smallest absolute Gasteiger partial charge is 0.0949 e. The Morgan fingerprint density at radius 2 is 2.50 bits per heavy atom. The Bertz CT molecular complexity index is 321. The Morgan fingerprint density at radius 3 is 3.14 bits per heavy atom. The van der Waals surface area contributed by atoms with E-state index >= 15 is 0 Å². The summed E-state index contributed by atoms with van der Waals surface area (Å²) in [4.78, 5) is 4.36. The predicted octanol–water partition coefficient (Wildman–Crippen LogP) is 0.378. The molecule has 1 aliphatic rings. The van der Waals surface area contributed by atoms with Crippen LogP contribution in [-0.2, 0) is 13.5 Å². The molecule has 1 aromatic heterocycles. The van der Waals surface area contributed by atoms with Crippen molar-refractivity contribution in [3.63, 3.8) is 0 Å². The molecule has 78 valence electrons. The van der Waals surface area contributed by atoms with Gasteiger partial charge in [-0.25, -0.2) is 4.98 Å². The minimum atomic E-state index is 0.169. The molecule has 0 saturated heterocycles. The summed E-state index contributed by atoms with van der Waals surface area (Å²) in [6.45, 7) is 2.33.